The van der Waals surface area contributed by atoms with Crippen molar-refractivity contribution in [3.05, 3.63) is 78.4 Å². The van der Waals surface area contributed by atoms with Crippen molar-refractivity contribution in [2.75, 3.05) is 24.2 Å². The van der Waals surface area contributed by atoms with Gasteiger partial charge in [-0.1, -0.05) is 55.8 Å². The predicted molar refractivity (Wildman–Crippen MR) is 145 cm³/mol. The summed E-state index contributed by atoms with van der Waals surface area (Å²) in [4.78, 5) is 12.5. The highest BCUT2D eigenvalue weighted by molar-refractivity contribution is 6.02. The molecule has 6 heteroatoms. The van der Waals surface area contributed by atoms with Crippen LogP contribution in [0.3, 0.4) is 0 Å². The highest BCUT2D eigenvalue weighted by Gasteiger charge is 2.18. The molecule has 6 nitrogen and oxygen atoms in total. The molecule has 0 bridgehead atoms. The molecule has 4 N–H and O–H groups in total. The van der Waals surface area contributed by atoms with E-state index in [-0.39, 0.29) is 6.03 Å². The number of carbonyl (C=O) groups excluding carboxylic acids is 1. The SMILES string of the molecule is CCCCn1c(-c2cccc(NC(=O)NCCc3ccccc3)c2)c(N)c2ccc(OCC)cc21. The Morgan fingerprint density at radius 2 is 1.83 bits per heavy atom. The van der Waals surface area contributed by atoms with Crippen LogP contribution in [0.4, 0.5) is 16.2 Å². The number of nitrogens with one attached hydrogen (secondary N) is 2. The summed E-state index contributed by atoms with van der Waals surface area (Å²) >= 11 is 0. The van der Waals surface area contributed by atoms with E-state index in [4.69, 9.17) is 10.5 Å². The second-order valence-electron chi connectivity index (χ2n) is 8.58. The number of amides is 2. The lowest BCUT2D eigenvalue weighted by Gasteiger charge is -2.13. The summed E-state index contributed by atoms with van der Waals surface area (Å²) in [5, 5.41) is 6.91. The standard InChI is InChI=1S/C29H34N4O2/c1-3-5-18-33-26-20-24(35-4-2)14-15-25(26)27(30)28(33)22-12-9-13-23(19-22)32-29(34)31-17-16-21-10-7-6-8-11-21/h6-15,19-20H,3-5,16-18,30H2,1-2H3,(H2,31,32,34). The lowest BCUT2D eigenvalue weighted by molar-refractivity contribution is 0.252. The fraction of sp³-hybridized carbons (Fsp3) is 0.276. The highest BCUT2D eigenvalue weighted by atomic mass is 16.5. The van der Waals surface area contributed by atoms with Crippen LogP contribution in [0.25, 0.3) is 22.2 Å². The van der Waals surface area contributed by atoms with E-state index in [1.54, 1.807) is 0 Å². The highest BCUT2D eigenvalue weighted by Crippen LogP contribution is 2.38. The number of hydrogen-bond acceptors (Lipinski definition) is 3. The Hall–Kier alpha value is -3.93. The molecule has 3 aromatic carbocycles. The fourth-order valence-corrected chi connectivity index (χ4v) is 4.36. The smallest absolute Gasteiger partial charge is 0.319 e. The molecule has 4 rings (SSSR count). The molecule has 182 valence electrons. The van der Waals surface area contributed by atoms with Crippen molar-refractivity contribution in [3.63, 3.8) is 0 Å². The Bertz CT molecular complexity index is 1280. The minimum Gasteiger partial charge on any atom is -0.494 e. The largest absolute Gasteiger partial charge is 0.494 e. The van der Waals surface area contributed by atoms with E-state index in [1.807, 2.05) is 61.5 Å². The van der Waals surface area contributed by atoms with Gasteiger partial charge in [0, 0.05) is 35.8 Å². The molecule has 0 aliphatic rings. The first kappa shape index (κ1) is 24.2. The molecule has 35 heavy (non-hydrogen) atoms. The van der Waals surface area contributed by atoms with Crippen LogP contribution in [0.2, 0.25) is 0 Å². The Morgan fingerprint density at radius 1 is 1.00 bits per heavy atom. The molecule has 0 atom stereocenters. The number of anilines is 2. The number of aryl methyl sites for hydroxylation is 1. The fourth-order valence-electron chi connectivity index (χ4n) is 4.36. The van der Waals surface area contributed by atoms with Gasteiger partial charge in [0.15, 0.2) is 0 Å². The van der Waals surface area contributed by atoms with Crippen molar-refractivity contribution in [3.8, 4) is 17.0 Å². The van der Waals surface area contributed by atoms with Gasteiger partial charge in [-0.15, -0.1) is 0 Å². The third-order valence-electron chi connectivity index (χ3n) is 6.06. The van der Waals surface area contributed by atoms with Gasteiger partial charge in [-0.05, 0) is 49.6 Å². The van der Waals surface area contributed by atoms with Crippen LogP contribution < -0.4 is 21.1 Å². The van der Waals surface area contributed by atoms with E-state index in [0.29, 0.717) is 13.2 Å². The average molecular weight is 471 g/mol. The summed E-state index contributed by atoms with van der Waals surface area (Å²) in [6.45, 7) is 6.20. The predicted octanol–water partition coefficient (Wildman–Crippen LogP) is 6.45. The number of nitrogen functional groups attached to an aromatic ring is 1. The second-order valence-corrected chi connectivity index (χ2v) is 8.58. The van der Waals surface area contributed by atoms with Crippen molar-refractivity contribution in [2.24, 2.45) is 0 Å². The summed E-state index contributed by atoms with van der Waals surface area (Å²) in [6.07, 6.45) is 2.90. The summed E-state index contributed by atoms with van der Waals surface area (Å²) in [5.74, 6) is 0.837. The number of benzene rings is 3. The number of fused-ring (bicyclic) bond motifs is 1. The Morgan fingerprint density at radius 3 is 2.60 bits per heavy atom. The zero-order valence-electron chi connectivity index (χ0n) is 20.5. The van der Waals surface area contributed by atoms with E-state index >= 15 is 0 Å². The van der Waals surface area contributed by atoms with E-state index < -0.39 is 0 Å². The average Bonchev–Trinajstić information content (AvgIpc) is 3.14. The zero-order chi connectivity index (χ0) is 24.6. The van der Waals surface area contributed by atoms with E-state index in [9.17, 15) is 4.79 Å². The summed E-state index contributed by atoms with van der Waals surface area (Å²) in [6, 6.07) is 23.8. The number of urea groups is 1. The van der Waals surface area contributed by atoms with Gasteiger partial charge in [-0.3, -0.25) is 0 Å². The van der Waals surface area contributed by atoms with Crippen LogP contribution in [0, 0.1) is 0 Å². The number of hydrogen-bond donors (Lipinski definition) is 3. The minimum atomic E-state index is -0.223. The minimum absolute atomic E-state index is 0.223. The molecule has 1 aromatic heterocycles. The van der Waals surface area contributed by atoms with Gasteiger partial charge in [0.05, 0.1) is 23.5 Å². The quantitative estimate of drug-likeness (QED) is 0.249. The molecular weight excluding hydrogens is 436 g/mol. The van der Waals surface area contributed by atoms with E-state index in [2.05, 4.69) is 40.3 Å². The van der Waals surface area contributed by atoms with Crippen molar-refractivity contribution >= 4 is 28.3 Å². The number of rotatable bonds is 10. The van der Waals surface area contributed by atoms with E-state index in [1.165, 1.54) is 5.56 Å². The molecule has 0 unspecified atom stereocenters. The first-order valence-electron chi connectivity index (χ1n) is 12.3. The van der Waals surface area contributed by atoms with Crippen LogP contribution in [0.1, 0.15) is 32.3 Å². The number of nitrogens with two attached hydrogens (primary N) is 1. The van der Waals surface area contributed by atoms with Crippen LogP contribution in [0.15, 0.2) is 72.8 Å². The topological polar surface area (TPSA) is 81.3 Å². The Kier molecular flexibility index (Phi) is 7.93. The van der Waals surface area contributed by atoms with Gasteiger partial charge >= 0.3 is 6.03 Å². The van der Waals surface area contributed by atoms with Gasteiger partial charge in [0.2, 0.25) is 0 Å². The van der Waals surface area contributed by atoms with Gasteiger partial charge in [0.1, 0.15) is 5.75 Å². The van der Waals surface area contributed by atoms with Crippen LogP contribution in [0.5, 0.6) is 5.75 Å². The van der Waals surface area contributed by atoms with Crippen LogP contribution in [-0.4, -0.2) is 23.7 Å². The van der Waals surface area contributed by atoms with Crippen molar-refractivity contribution in [1.29, 1.82) is 0 Å². The third kappa shape index (κ3) is 5.77. The van der Waals surface area contributed by atoms with E-state index in [0.717, 1.165) is 65.1 Å². The second kappa shape index (κ2) is 11.5. The lowest BCUT2D eigenvalue weighted by Crippen LogP contribution is -2.30. The molecule has 0 aliphatic carbocycles. The van der Waals surface area contributed by atoms with Gasteiger partial charge in [0.25, 0.3) is 0 Å². The van der Waals surface area contributed by atoms with Gasteiger partial charge in [-0.25, -0.2) is 4.79 Å². The molecule has 0 aliphatic heterocycles. The summed E-state index contributed by atoms with van der Waals surface area (Å²) < 4.78 is 8.02. The lowest BCUT2D eigenvalue weighted by atomic mass is 10.1. The number of ether oxygens (including phenoxy) is 1. The number of unbranched alkanes of at least 4 members (excludes halogenated alkanes) is 1. The number of carbonyl (C=O) groups is 1. The van der Waals surface area contributed by atoms with Crippen molar-refractivity contribution < 1.29 is 9.53 Å². The molecule has 0 radical (unpaired) electrons. The molecule has 4 aromatic rings. The first-order chi connectivity index (χ1) is 17.1. The molecule has 0 fully saturated rings. The maximum Gasteiger partial charge on any atom is 0.319 e. The summed E-state index contributed by atoms with van der Waals surface area (Å²) in [7, 11) is 0. The van der Waals surface area contributed by atoms with Gasteiger partial charge < -0.3 is 25.7 Å². The molecule has 2 amide bonds. The van der Waals surface area contributed by atoms with Gasteiger partial charge in [-0.2, -0.15) is 0 Å². The number of aromatic nitrogens is 1. The maximum atomic E-state index is 12.5. The molecule has 0 spiro atoms. The Balaban J connectivity index is 1.56. The third-order valence-corrected chi connectivity index (χ3v) is 6.06. The van der Waals surface area contributed by atoms with Crippen molar-refractivity contribution in [2.45, 2.75) is 39.7 Å². The number of nitrogens with zero attached hydrogens (tertiary/aromatic N) is 1. The zero-order valence-corrected chi connectivity index (χ0v) is 20.5. The maximum absolute atomic E-state index is 12.5. The first-order valence-corrected chi connectivity index (χ1v) is 12.3. The molecule has 1 heterocycles. The normalized spacial score (nSPS) is 10.9. The van der Waals surface area contributed by atoms with Crippen LogP contribution >= 0.6 is 0 Å². The van der Waals surface area contributed by atoms with Crippen LogP contribution in [-0.2, 0) is 13.0 Å². The monoisotopic (exact) mass is 470 g/mol. The van der Waals surface area contributed by atoms with Crippen molar-refractivity contribution in [1.82, 2.24) is 9.88 Å². The molecular formula is C29H34N4O2. The summed E-state index contributed by atoms with van der Waals surface area (Å²) in [5.41, 5.74) is 12.3. The molecule has 0 saturated heterocycles. The molecule has 0 saturated carbocycles. The Labute approximate surface area is 207 Å².